The number of amidine groups is 1. The second kappa shape index (κ2) is 4.82. The lowest BCUT2D eigenvalue weighted by molar-refractivity contribution is -0.384. The summed E-state index contributed by atoms with van der Waals surface area (Å²) in [5.74, 6) is 0.730. The molecule has 0 N–H and O–H groups in total. The lowest BCUT2D eigenvalue weighted by atomic mass is 10.1. The molecule has 0 aromatic heterocycles. The predicted molar refractivity (Wildman–Crippen MR) is 62.8 cm³/mol. The molecule has 0 spiro atoms. The Morgan fingerprint density at radius 3 is 2.47 bits per heavy atom. The number of benzene rings is 1. The van der Waals surface area contributed by atoms with Crippen molar-refractivity contribution < 1.29 is 9.76 Å². The molecular formula is C11H13N3O3. The lowest BCUT2D eigenvalue weighted by Crippen LogP contribution is -2.42. The van der Waals surface area contributed by atoms with Gasteiger partial charge in [-0.1, -0.05) is 5.16 Å². The Bertz CT molecular complexity index is 438. The van der Waals surface area contributed by atoms with Crippen molar-refractivity contribution in [2.75, 3.05) is 20.2 Å². The third kappa shape index (κ3) is 2.35. The molecule has 1 heterocycles. The zero-order chi connectivity index (χ0) is 12.3. The summed E-state index contributed by atoms with van der Waals surface area (Å²) in [7, 11) is 1.49. The van der Waals surface area contributed by atoms with Gasteiger partial charge < -0.3 is 9.74 Å². The van der Waals surface area contributed by atoms with Crippen LogP contribution >= 0.6 is 0 Å². The molecule has 1 aromatic rings. The fourth-order valence-corrected chi connectivity index (χ4v) is 1.64. The summed E-state index contributed by atoms with van der Waals surface area (Å²) in [5.41, 5.74) is 0.909. The highest BCUT2D eigenvalue weighted by atomic mass is 16.6. The van der Waals surface area contributed by atoms with Crippen molar-refractivity contribution in [2.45, 2.75) is 6.42 Å². The van der Waals surface area contributed by atoms with Gasteiger partial charge in [-0.05, 0) is 18.6 Å². The molecule has 1 aromatic carbocycles. The Balaban J connectivity index is 2.24. The second-order valence-electron chi connectivity index (χ2n) is 3.74. The highest BCUT2D eigenvalue weighted by Crippen LogP contribution is 2.17. The molecular weight excluding hydrogens is 222 g/mol. The minimum absolute atomic E-state index is 0.0779. The van der Waals surface area contributed by atoms with Gasteiger partial charge in [0.25, 0.3) is 5.69 Å². The van der Waals surface area contributed by atoms with Gasteiger partial charge in [-0.15, -0.1) is 0 Å². The number of oxime groups is 1. The fourth-order valence-electron chi connectivity index (χ4n) is 1.64. The van der Waals surface area contributed by atoms with Gasteiger partial charge in [0.2, 0.25) is 0 Å². The second-order valence-corrected chi connectivity index (χ2v) is 3.74. The Morgan fingerprint density at radius 2 is 2.06 bits per heavy atom. The van der Waals surface area contributed by atoms with Crippen LogP contribution in [0, 0.1) is 10.1 Å². The molecule has 1 saturated heterocycles. The van der Waals surface area contributed by atoms with E-state index >= 15 is 0 Å². The van der Waals surface area contributed by atoms with Crippen molar-refractivity contribution in [3.05, 3.63) is 39.9 Å². The first kappa shape index (κ1) is 11.4. The molecule has 2 rings (SSSR count). The van der Waals surface area contributed by atoms with Gasteiger partial charge >= 0.3 is 0 Å². The van der Waals surface area contributed by atoms with Crippen LogP contribution in [0.5, 0.6) is 0 Å². The summed E-state index contributed by atoms with van der Waals surface area (Å²) in [5, 5.41) is 14.5. The number of nitro groups is 1. The molecule has 0 atom stereocenters. The average Bonchev–Trinajstić information content (AvgIpc) is 2.26. The van der Waals surface area contributed by atoms with Gasteiger partial charge in [-0.3, -0.25) is 10.1 Å². The first-order valence-electron chi connectivity index (χ1n) is 5.33. The Morgan fingerprint density at radius 1 is 1.41 bits per heavy atom. The Hall–Kier alpha value is -2.11. The maximum atomic E-state index is 10.5. The van der Waals surface area contributed by atoms with E-state index in [0.717, 1.165) is 30.9 Å². The number of non-ortho nitro benzene ring substituents is 1. The number of hydrogen-bond acceptors (Lipinski definition) is 4. The van der Waals surface area contributed by atoms with Crippen molar-refractivity contribution in [3.8, 4) is 0 Å². The molecule has 0 saturated carbocycles. The lowest BCUT2D eigenvalue weighted by Gasteiger charge is -2.33. The molecule has 1 fully saturated rings. The minimum atomic E-state index is -0.416. The van der Waals surface area contributed by atoms with Crippen LogP contribution < -0.4 is 0 Å². The maximum Gasteiger partial charge on any atom is 0.269 e. The van der Waals surface area contributed by atoms with Crippen molar-refractivity contribution in [1.29, 1.82) is 0 Å². The van der Waals surface area contributed by atoms with Crippen molar-refractivity contribution in [3.63, 3.8) is 0 Å². The highest BCUT2D eigenvalue weighted by molar-refractivity contribution is 5.99. The smallest absolute Gasteiger partial charge is 0.269 e. The molecule has 1 aliphatic heterocycles. The van der Waals surface area contributed by atoms with Crippen LogP contribution in [0.25, 0.3) is 0 Å². The van der Waals surface area contributed by atoms with Crippen molar-refractivity contribution >= 4 is 11.5 Å². The number of likely N-dealkylation sites (tertiary alicyclic amines) is 1. The molecule has 0 amide bonds. The number of nitro benzene ring substituents is 1. The van der Waals surface area contributed by atoms with Crippen molar-refractivity contribution in [2.24, 2.45) is 5.16 Å². The Labute approximate surface area is 98.6 Å². The SMILES string of the molecule is CO/N=C(/c1ccc([N+](=O)[O-])cc1)N1CCC1. The van der Waals surface area contributed by atoms with E-state index in [1.165, 1.54) is 19.2 Å². The largest absolute Gasteiger partial charge is 0.397 e. The zero-order valence-corrected chi connectivity index (χ0v) is 9.50. The maximum absolute atomic E-state index is 10.5. The average molecular weight is 235 g/mol. The van der Waals surface area contributed by atoms with Crippen LogP contribution in [0.1, 0.15) is 12.0 Å². The minimum Gasteiger partial charge on any atom is -0.397 e. The molecule has 0 bridgehead atoms. The summed E-state index contributed by atoms with van der Waals surface area (Å²) >= 11 is 0. The fraction of sp³-hybridized carbons (Fsp3) is 0.364. The number of nitrogens with zero attached hydrogens (tertiary/aromatic N) is 3. The number of hydrogen-bond donors (Lipinski definition) is 0. The van der Waals surface area contributed by atoms with E-state index in [1.54, 1.807) is 12.1 Å². The predicted octanol–water partition coefficient (Wildman–Crippen LogP) is 1.61. The van der Waals surface area contributed by atoms with Gasteiger partial charge in [0.05, 0.1) is 4.92 Å². The summed E-state index contributed by atoms with van der Waals surface area (Å²) in [4.78, 5) is 17.0. The molecule has 6 nitrogen and oxygen atoms in total. The molecule has 90 valence electrons. The van der Waals surface area contributed by atoms with E-state index in [2.05, 4.69) is 10.1 Å². The molecule has 0 aliphatic carbocycles. The van der Waals surface area contributed by atoms with Gasteiger partial charge in [-0.25, -0.2) is 0 Å². The standard InChI is InChI=1S/C11H13N3O3/c1-17-12-11(13-7-2-8-13)9-3-5-10(6-4-9)14(15)16/h3-6H,2,7-8H2,1H3/b12-11-. The van der Waals surface area contributed by atoms with Crippen LogP contribution in [0.4, 0.5) is 5.69 Å². The number of rotatable bonds is 3. The van der Waals surface area contributed by atoms with E-state index in [1.807, 2.05) is 0 Å². The van der Waals surface area contributed by atoms with Gasteiger partial charge in [0, 0.05) is 30.8 Å². The van der Waals surface area contributed by atoms with Gasteiger partial charge in [0.1, 0.15) is 7.11 Å². The van der Waals surface area contributed by atoms with Gasteiger partial charge in [-0.2, -0.15) is 0 Å². The van der Waals surface area contributed by atoms with Crippen LogP contribution in [-0.2, 0) is 4.84 Å². The van der Waals surface area contributed by atoms with Gasteiger partial charge in [0.15, 0.2) is 5.84 Å². The van der Waals surface area contributed by atoms with Crippen LogP contribution in [0.3, 0.4) is 0 Å². The molecule has 6 heteroatoms. The van der Waals surface area contributed by atoms with Crippen LogP contribution in [0.15, 0.2) is 29.4 Å². The normalized spacial score (nSPS) is 15.4. The van der Waals surface area contributed by atoms with E-state index in [9.17, 15) is 10.1 Å². The van der Waals surface area contributed by atoms with E-state index in [0.29, 0.717) is 0 Å². The summed E-state index contributed by atoms with van der Waals surface area (Å²) in [6.07, 6.45) is 1.13. The summed E-state index contributed by atoms with van der Waals surface area (Å²) < 4.78 is 0. The monoisotopic (exact) mass is 235 g/mol. The molecule has 0 unspecified atom stereocenters. The topological polar surface area (TPSA) is 68.0 Å². The third-order valence-electron chi connectivity index (χ3n) is 2.67. The van der Waals surface area contributed by atoms with E-state index in [-0.39, 0.29) is 5.69 Å². The zero-order valence-electron chi connectivity index (χ0n) is 9.50. The quantitative estimate of drug-likeness (QED) is 0.345. The van der Waals surface area contributed by atoms with Crippen LogP contribution in [-0.4, -0.2) is 35.9 Å². The van der Waals surface area contributed by atoms with E-state index in [4.69, 9.17) is 4.84 Å². The summed E-state index contributed by atoms with van der Waals surface area (Å²) in [6.45, 7) is 1.89. The molecule has 17 heavy (non-hydrogen) atoms. The first-order chi connectivity index (χ1) is 8.22. The van der Waals surface area contributed by atoms with Crippen molar-refractivity contribution in [1.82, 2.24) is 4.90 Å². The molecule has 0 radical (unpaired) electrons. The Kier molecular flexibility index (Phi) is 3.22. The first-order valence-corrected chi connectivity index (χ1v) is 5.33. The summed E-state index contributed by atoms with van der Waals surface area (Å²) in [6, 6.07) is 6.32. The third-order valence-corrected chi connectivity index (χ3v) is 2.67. The molecule has 1 aliphatic rings. The van der Waals surface area contributed by atoms with Crippen LogP contribution in [0.2, 0.25) is 0 Å². The van der Waals surface area contributed by atoms with E-state index < -0.39 is 4.92 Å². The highest BCUT2D eigenvalue weighted by Gasteiger charge is 2.21.